The lowest BCUT2D eigenvalue weighted by Gasteiger charge is -2.26. The van der Waals surface area contributed by atoms with Crippen LogP contribution in [0.2, 0.25) is 0 Å². The molecule has 0 aliphatic rings. The van der Waals surface area contributed by atoms with E-state index in [0.717, 1.165) is 4.57 Å². The van der Waals surface area contributed by atoms with Crippen LogP contribution in [0.4, 0.5) is 15.1 Å². The quantitative estimate of drug-likeness (QED) is 0.414. The van der Waals surface area contributed by atoms with E-state index in [2.05, 4.69) is 40.9 Å². The fourth-order valence-corrected chi connectivity index (χ4v) is 2.37. The number of amides is 1. The van der Waals surface area contributed by atoms with Crippen molar-refractivity contribution in [2.75, 3.05) is 5.32 Å². The van der Waals surface area contributed by atoms with E-state index in [9.17, 15) is 19.1 Å². The van der Waals surface area contributed by atoms with Crippen LogP contribution in [0.15, 0.2) is 21.2 Å². The molecule has 0 saturated heterocycles. The Balaban J connectivity index is 2.00. The summed E-state index contributed by atoms with van der Waals surface area (Å²) in [6.07, 6.45) is -0.553. The second-order valence-corrected chi connectivity index (χ2v) is 7.39. The van der Waals surface area contributed by atoms with E-state index in [1.807, 2.05) is 0 Å². The molecule has 0 spiro atoms. The lowest BCUT2D eigenvalue weighted by Crippen LogP contribution is -2.48. The largest absolute Gasteiger partial charge is 0.444 e. The number of hydrogen-bond acceptors (Lipinski definition) is 10. The Bertz CT molecular complexity index is 902. The van der Waals surface area contributed by atoms with Crippen LogP contribution < -0.4 is 16.4 Å². The van der Waals surface area contributed by atoms with Gasteiger partial charge in [0.05, 0.1) is 12.6 Å². The number of alkyl carbamates (subject to hydrolysis) is 1. The number of ether oxygens (including phenoxy) is 1. The number of hydrogen-bond donors (Lipinski definition) is 4. The zero-order valence-electron chi connectivity index (χ0n) is 17.0. The highest BCUT2D eigenvalue weighted by Gasteiger charge is 2.25. The van der Waals surface area contributed by atoms with Crippen LogP contribution in [0.25, 0.3) is 0 Å². The molecule has 0 aliphatic carbocycles. The number of rotatable bonds is 9. The number of aromatic amines is 1. The SMILES string of the molecule is Cc1noc(=O)n1C/C(F)=C\CC[C@H](NC(=O)OC(C)(C)C)C(O)Nc1nn[nH]n1. The molecule has 2 rings (SSSR count). The van der Waals surface area contributed by atoms with Crippen molar-refractivity contribution in [3.8, 4) is 0 Å². The first kappa shape index (κ1) is 23.0. The number of H-pyrrole nitrogens is 1. The van der Waals surface area contributed by atoms with E-state index in [0.29, 0.717) is 0 Å². The van der Waals surface area contributed by atoms with Crippen molar-refractivity contribution >= 4 is 12.0 Å². The van der Waals surface area contributed by atoms with E-state index < -0.39 is 35.5 Å². The third-order valence-corrected chi connectivity index (χ3v) is 3.73. The average Bonchev–Trinajstić information content (AvgIpc) is 3.24. The molecule has 2 aromatic heterocycles. The number of nitrogens with zero attached hydrogens (tertiary/aromatic N) is 5. The van der Waals surface area contributed by atoms with Crippen LogP contribution >= 0.6 is 0 Å². The van der Waals surface area contributed by atoms with Crippen LogP contribution in [0.3, 0.4) is 0 Å². The van der Waals surface area contributed by atoms with Gasteiger partial charge in [0, 0.05) is 0 Å². The van der Waals surface area contributed by atoms with E-state index in [1.54, 1.807) is 20.8 Å². The molecule has 4 N–H and O–H groups in total. The first-order valence-electron chi connectivity index (χ1n) is 9.10. The van der Waals surface area contributed by atoms with Crippen LogP contribution in [0, 0.1) is 6.92 Å². The molecule has 14 heteroatoms. The van der Waals surface area contributed by atoms with Gasteiger partial charge in [-0.25, -0.2) is 14.0 Å². The molecule has 0 fully saturated rings. The van der Waals surface area contributed by atoms with Crippen molar-refractivity contribution in [3.05, 3.63) is 28.3 Å². The smallest absolute Gasteiger partial charge is 0.441 e. The fraction of sp³-hybridized carbons (Fsp3) is 0.625. The Morgan fingerprint density at radius 2 is 2.20 bits per heavy atom. The number of aliphatic hydroxyl groups is 1. The van der Waals surface area contributed by atoms with Crippen molar-refractivity contribution in [2.45, 2.75) is 65.0 Å². The van der Waals surface area contributed by atoms with E-state index in [1.165, 1.54) is 13.0 Å². The summed E-state index contributed by atoms with van der Waals surface area (Å²) in [7, 11) is 0. The van der Waals surface area contributed by atoms with Gasteiger partial charge in [0.15, 0.2) is 5.82 Å². The zero-order chi connectivity index (χ0) is 22.3. The van der Waals surface area contributed by atoms with Crippen LogP contribution in [-0.4, -0.2) is 59.4 Å². The fourth-order valence-electron chi connectivity index (χ4n) is 2.37. The number of carbonyl (C=O) groups is 1. The Morgan fingerprint density at radius 1 is 1.47 bits per heavy atom. The molecule has 0 saturated carbocycles. The van der Waals surface area contributed by atoms with E-state index in [-0.39, 0.29) is 31.2 Å². The Kier molecular flexibility index (Phi) is 7.63. The number of allylic oxidation sites excluding steroid dienone is 2. The number of halogens is 1. The Hall–Kier alpha value is -3.29. The first-order chi connectivity index (χ1) is 14.0. The van der Waals surface area contributed by atoms with Crippen molar-refractivity contribution in [3.63, 3.8) is 0 Å². The summed E-state index contributed by atoms with van der Waals surface area (Å²) < 4.78 is 24.9. The van der Waals surface area contributed by atoms with Gasteiger partial charge >= 0.3 is 11.8 Å². The number of tetrazole rings is 1. The summed E-state index contributed by atoms with van der Waals surface area (Å²) in [5.74, 6) is -1.10. The third kappa shape index (κ3) is 7.27. The van der Waals surface area contributed by atoms with Gasteiger partial charge in [-0.15, -0.1) is 5.10 Å². The van der Waals surface area contributed by atoms with Gasteiger partial charge in [0.2, 0.25) is 0 Å². The number of nitrogens with one attached hydrogen (secondary N) is 3. The molecule has 2 atom stereocenters. The van der Waals surface area contributed by atoms with E-state index in [4.69, 9.17) is 4.74 Å². The standard InChI is InChI=1S/C16H25FN8O5/c1-9-22-30-15(28)25(9)8-10(17)6-5-7-11(18-14(27)29-16(2,3)4)12(26)19-13-20-23-24-21-13/h6,11-12,26H,5,7-8H2,1-4H3,(H,18,27)(H2,19,20,21,23,24)/b10-6+/t11-,12?/m0/s1. The number of aliphatic hydroxyl groups excluding tert-OH is 1. The molecule has 13 nitrogen and oxygen atoms in total. The second kappa shape index (κ2) is 9.96. The second-order valence-electron chi connectivity index (χ2n) is 7.39. The molecule has 0 aromatic carbocycles. The highest BCUT2D eigenvalue weighted by Crippen LogP contribution is 2.12. The van der Waals surface area contributed by atoms with Crippen LogP contribution in [0.5, 0.6) is 0 Å². The molecular formula is C16H25FN8O5. The molecule has 2 aromatic rings. The molecule has 2 heterocycles. The highest BCUT2D eigenvalue weighted by atomic mass is 19.1. The van der Waals surface area contributed by atoms with Gasteiger partial charge in [-0.05, 0) is 45.7 Å². The lowest BCUT2D eigenvalue weighted by atomic mass is 10.1. The first-order valence-corrected chi connectivity index (χ1v) is 9.10. The van der Waals surface area contributed by atoms with Crippen molar-refractivity contribution < 1.29 is 23.6 Å². The third-order valence-electron chi connectivity index (χ3n) is 3.73. The number of aryl methyl sites for hydroxylation is 1. The highest BCUT2D eigenvalue weighted by molar-refractivity contribution is 5.68. The summed E-state index contributed by atoms with van der Waals surface area (Å²) in [5, 5.41) is 31.8. The molecular weight excluding hydrogens is 403 g/mol. The maximum atomic E-state index is 14.2. The molecule has 30 heavy (non-hydrogen) atoms. The predicted molar refractivity (Wildman–Crippen MR) is 101 cm³/mol. The summed E-state index contributed by atoms with van der Waals surface area (Å²) in [5.41, 5.74) is -0.740. The molecule has 0 radical (unpaired) electrons. The van der Waals surface area contributed by atoms with Crippen LogP contribution in [0.1, 0.15) is 39.4 Å². The summed E-state index contributed by atoms with van der Waals surface area (Å²) in [4.78, 5) is 23.5. The van der Waals surface area contributed by atoms with Gasteiger partial charge in [-0.3, -0.25) is 9.09 Å². The van der Waals surface area contributed by atoms with Gasteiger partial charge in [-0.1, -0.05) is 16.3 Å². The summed E-state index contributed by atoms with van der Waals surface area (Å²) >= 11 is 0. The number of anilines is 1. The molecule has 1 unspecified atom stereocenters. The maximum absolute atomic E-state index is 14.2. The summed E-state index contributed by atoms with van der Waals surface area (Å²) in [6, 6.07) is -0.873. The molecule has 166 valence electrons. The minimum atomic E-state index is -1.31. The molecule has 0 aliphatic heterocycles. The summed E-state index contributed by atoms with van der Waals surface area (Å²) in [6.45, 7) is 6.27. The lowest BCUT2D eigenvalue weighted by molar-refractivity contribution is 0.0438. The van der Waals surface area contributed by atoms with Gasteiger partial charge in [0.25, 0.3) is 5.95 Å². The monoisotopic (exact) mass is 428 g/mol. The van der Waals surface area contributed by atoms with Gasteiger partial charge < -0.3 is 20.5 Å². The van der Waals surface area contributed by atoms with Crippen molar-refractivity contribution in [1.82, 2.24) is 35.7 Å². The van der Waals surface area contributed by atoms with Crippen LogP contribution in [-0.2, 0) is 11.3 Å². The maximum Gasteiger partial charge on any atom is 0.441 e. The average molecular weight is 428 g/mol. The molecule has 0 bridgehead atoms. The molecule has 1 amide bonds. The Labute approximate surface area is 170 Å². The van der Waals surface area contributed by atoms with Crippen molar-refractivity contribution in [1.29, 1.82) is 0 Å². The van der Waals surface area contributed by atoms with E-state index >= 15 is 0 Å². The topological polar surface area (TPSA) is 173 Å². The number of aromatic nitrogens is 6. The normalized spacial score (nSPS) is 14.3. The van der Waals surface area contributed by atoms with Crippen molar-refractivity contribution in [2.24, 2.45) is 0 Å². The Morgan fingerprint density at radius 3 is 2.77 bits per heavy atom. The minimum Gasteiger partial charge on any atom is -0.444 e. The minimum absolute atomic E-state index is 0.0162. The van der Waals surface area contributed by atoms with Gasteiger partial charge in [0.1, 0.15) is 17.7 Å². The van der Waals surface area contributed by atoms with Gasteiger partial charge in [-0.2, -0.15) is 5.21 Å². The zero-order valence-corrected chi connectivity index (χ0v) is 17.0. The predicted octanol–water partition coefficient (Wildman–Crippen LogP) is 0.615. The number of carbonyl (C=O) groups excluding carboxylic acids is 1.